The summed E-state index contributed by atoms with van der Waals surface area (Å²) in [7, 11) is -3.62. The molecule has 3 aliphatic heterocycles. The van der Waals surface area contributed by atoms with Gasteiger partial charge in [-0.25, -0.2) is 4.57 Å². The first-order valence-corrected chi connectivity index (χ1v) is 10.1. The number of rotatable bonds is 9. The third kappa shape index (κ3) is 5.78. The maximum atomic E-state index is 12.8. The molecule has 0 radical (unpaired) electrons. The summed E-state index contributed by atoms with van der Waals surface area (Å²) >= 11 is 0. The lowest BCUT2D eigenvalue weighted by Crippen LogP contribution is -2.20. The first kappa shape index (κ1) is 17.8. The second-order valence-corrected chi connectivity index (χ2v) is 7.91. The Morgan fingerprint density at radius 3 is 1.30 bits per heavy atom. The van der Waals surface area contributed by atoms with Crippen LogP contribution in [0.1, 0.15) is 38.5 Å². The predicted molar refractivity (Wildman–Crippen MR) is 82.4 cm³/mol. The van der Waals surface area contributed by atoms with Gasteiger partial charge in [-0.2, -0.15) is 0 Å². The topological polar surface area (TPSA) is 72.5 Å². The van der Waals surface area contributed by atoms with Crippen LogP contribution in [0.3, 0.4) is 0 Å². The van der Waals surface area contributed by atoms with Crippen molar-refractivity contribution in [3.05, 3.63) is 0 Å². The molecule has 3 aliphatic rings. The molecule has 7 nitrogen and oxygen atoms in total. The molecule has 3 heterocycles. The highest BCUT2D eigenvalue weighted by molar-refractivity contribution is 7.48. The van der Waals surface area contributed by atoms with Crippen LogP contribution in [0, 0.1) is 0 Å². The SMILES string of the molecule is O=P(OC[C@@H]1CCCO1)(OC[C@@H]1CCCO1)OC[C@@H]1CCCO1. The number of ether oxygens (including phenoxy) is 3. The van der Waals surface area contributed by atoms with Crippen molar-refractivity contribution in [2.24, 2.45) is 0 Å². The number of hydrogen-bond donors (Lipinski definition) is 0. The molecule has 0 amide bonds. The van der Waals surface area contributed by atoms with Crippen molar-refractivity contribution in [3.8, 4) is 0 Å². The van der Waals surface area contributed by atoms with Crippen LogP contribution in [0.2, 0.25) is 0 Å². The molecule has 0 aromatic rings. The summed E-state index contributed by atoms with van der Waals surface area (Å²) in [5.74, 6) is 0. The molecule has 8 heteroatoms. The molecule has 0 spiro atoms. The van der Waals surface area contributed by atoms with Crippen molar-refractivity contribution in [2.45, 2.75) is 56.8 Å². The molecule has 0 saturated carbocycles. The smallest absolute Gasteiger partial charge is 0.376 e. The molecule has 3 rings (SSSR count). The van der Waals surface area contributed by atoms with Gasteiger partial charge in [-0.05, 0) is 38.5 Å². The van der Waals surface area contributed by atoms with Crippen molar-refractivity contribution < 1.29 is 32.3 Å². The molecular formula is C15H27O7P. The van der Waals surface area contributed by atoms with E-state index in [-0.39, 0.29) is 38.1 Å². The highest BCUT2D eigenvalue weighted by Crippen LogP contribution is 2.50. The average Bonchev–Trinajstić information content (AvgIpc) is 3.33. The molecule has 0 aromatic carbocycles. The van der Waals surface area contributed by atoms with E-state index in [2.05, 4.69) is 0 Å². The Morgan fingerprint density at radius 2 is 1.04 bits per heavy atom. The quantitative estimate of drug-likeness (QED) is 0.592. The molecule has 23 heavy (non-hydrogen) atoms. The molecule has 0 unspecified atom stereocenters. The summed E-state index contributed by atoms with van der Waals surface area (Å²) in [5.41, 5.74) is 0. The summed E-state index contributed by atoms with van der Waals surface area (Å²) in [5, 5.41) is 0. The molecule has 0 N–H and O–H groups in total. The fourth-order valence-corrected chi connectivity index (χ4v) is 4.23. The van der Waals surface area contributed by atoms with Crippen molar-refractivity contribution >= 4 is 7.82 Å². The van der Waals surface area contributed by atoms with Gasteiger partial charge in [0.25, 0.3) is 0 Å². The third-order valence-corrected chi connectivity index (χ3v) is 5.72. The highest BCUT2D eigenvalue weighted by Gasteiger charge is 2.33. The van der Waals surface area contributed by atoms with Gasteiger partial charge in [0.15, 0.2) is 0 Å². The maximum absolute atomic E-state index is 12.8. The second kappa shape index (κ2) is 8.90. The summed E-state index contributed by atoms with van der Waals surface area (Å²) in [6.45, 7) is 2.88. The van der Waals surface area contributed by atoms with E-state index < -0.39 is 7.82 Å². The Bertz CT molecular complexity index is 330. The summed E-state index contributed by atoms with van der Waals surface area (Å²) in [4.78, 5) is 0. The number of phosphoric acid groups is 1. The zero-order chi connectivity index (χ0) is 16.0. The van der Waals surface area contributed by atoms with Crippen LogP contribution in [0.5, 0.6) is 0 Å². The summed E-state index contributed by atoms with van der Waals surface area (Å²) in [6.07, 6.45) is 5.68. The van der Waals surface area contributed by atoms with Gasteiger partial charge < -0.3 is 14.2 Å². The van der Waals surface area contributed by atoms with Crippen LogP contribution in [-0.4, -0.2) is 58.0 Å². The normalized spacial score (nSPS) is 31.9. The first-order valence-electron chi connectivity index (χ1n) is 8.62. The lowest BCUT2D eigenvalue weighted by atomic mass is 10.2. The summed E-state index contributed by atoms with van der Waals surface area (Å²) < 4.78 is 45.9. The van der Waals surface area contributed by atoms with E-state index in [9.17, 15) is 4.57 Å². The van der Waals surface area contributed by atoms with Crippen LogP contribution in [0.4, 0.5) is 0 Å². The lowest BCUT2D eigenvalue weighted by Gasteiger charge is -2.22. The zero-order valence-corrected chi connectivity index (χ0v) is 14.4. The monoisotopic (exact) mass is 350 g/mol. The van der Waals surface area contributed by atoms with Gasteiger partial charge in [0, 0.05) is 19.8 Å². The van der Waals surface area contributed by atoms with Gasteiger partial charge in [-0.1, -0.05) is 0 Å². The first-order chi connectivity index (χ1) is 11.2. The molecule has 134 valence electrons. The van der Waals surface area contributed by atoms with Crippen molar-refractivity contribution in [3.63, 3.8) is 0 Å². The van der Waals surface area contributed by atoms with E-state index in [4.69, 9.17) is 27.8 Å². The Morgan fingerprint density at radius 1 is 0.696 bits per heavy atom. The number of phosphoric ester groups is 1. The minimum absolute atomic E-state index is 0.0269. The Kier molecular flexibility index (Phi) is 6.89. The highest BCUT2D eigenvalue weighted by atomic mass is 31.2. The zero-order valence-electron chi connectivity index (χ0n) is 13.5. The Hall–Kier alpha value is -0.0100. The van der Waals surface area contributed by atoms with Crippen molar-refractivity contribution in [1.29, 1.82) is 0 Å². The van der Waals surface area contributed by atoms with Crippen molar-refractivity contribution in [2.75, 3.05) is 39.6 Å². The minimum atomic E-state index is -3.62. The van der Waals surface area contributed by atoms with E-state index in [0.29, 0.717) is 0 Å². The minimum Gasteiger partial charge on any atom is -0.376 e. The van der Waals surface area contributed by atoms with Gasteiger partial charge in [0.2, 0.25) is 0 Å². The van der Waals surface area contributed by atoms with Gasteiger partial charge in [0.1, 0.15) is 0 Å². The maximum Gasteiger partial charge on any atom is 0.475 e. The third-order valence-electron chi connectivity index (χ3n) is 4.33. The van der Waals surface area contributed by atoms with Gasteiger partial charge in [-0.15, -0.1) is 0 Å². The molecule has 0 aromatic heterocycles. The number of hydrogen-bond acceptors (Lipinski definition) is 7. The van der Waals surface area contributed by atoms with Crippen molar-refractivity contribution in [1.82, 2.24) is 0 Å². The van der Waals surface area contributed by atoms with Crippen LogP contribution in [0.25, 0.3) is 0 Å². The molecular weight excluding hydrogens is 323 g/mol. The molecule has 3 fully saturated rings. The fourth-order valence-electron chi connectivity index (χ4n) is 2.96. The average molecular weight is 350 g/mol. The van der Waals surface area contributed by atoms with Crippen LogP contribution < -0.4 is 0 Å². The van der Waals surface area contributed by atoms with E-state index >= 15 is 0 Å². The standard InChI is InChI=1S/C15H27O7P/c16-23(20-10-13-4-1-7-17-13,21-11-14-5-2-8-18-14)22-12-15-6-3-9-19-15/h13-15H,1-12H2/t13-,14-,15-/m0/s1. The van der Waals surface area contributed by atoms with E-state index in [0.717, 1.165) is 58.3 Å². The molecule has 3 atom stereocenters. The van der Waals surface area contributed by atoms with E-state index in [1.165, 1.54) is 0 Å². The van der Waals surface area contributed by atoms with Crippen LogP contribution >= 0.6 is 7.82 Å². The molecule has 3 saturated heterocycles. The predicted octanol–water partition coefficient (Wildman–Crippen LogP) is 2.68. The Labute approximate surface area is 137 Å². The second-order valence-electron chi connectivity index (χ2n) is 6.24. The van der Waals surface area contributed by atoms with E-state index in [1.807, 2.05) is 0 Å². The van der Waals surface area contributed by atoms with E-state index in [1.54, 1.807) is 0 Å². The van der Waals surface area contributed by atoms with Gasteiger partial charge in [0.05, 0.1) is 38.1 Å². The van der Waals surface area contributed by atoms with Crippen LogP contribution in [0.15, 0.2) is 0 Å². The van der Waals surface area contributed by atoms with Gasteiger partial charge >= 0.3 is 7.82 Å². The fraction of sp³-hybridized carbons (Fsp3) is 1.00. The lowest BCUT2D eigenvalue weighted by molar-refractivity contribution is 0.00359. The largest absolute Gasteiger partial charge is 0.475 e. The van der Waals surface area contributed by atoms with Gasteiger partial charge in [-0.3, -0.25) is 13.6 Å². The molecule has 0 aliphatic carbocycles. The Balaban J connectivity index is 1.47. The molecule has 0 bridgehead atoms. The summed E-state index contributed by atoms with van der Waals surface area (Å²) in [6, 6.07) is 0. The van der Waals surface area contributed by atoms with Crippen LogP contribution in [-0.2, 0) is 32.3 Å².